The molecule has 100 valence electrons. The van der Waals surface area contributed by atoms with Gasteiger partial charge < -0.3 is 5.11 Å². The first-order valence-corrected chi connectivity index (χ1v) is 6.64. The lowest BCUT2D eigenvalue weighted by Gasteiger charge is -2.13. The lowest BCUT2D eigenvalue weighted by molar-refractivity contribution is 0.220. The van der Waals surface area contributed by atoms with Gasteiger partial charge in [-0.05, 0) is 46.2 Å². The molecule has 0 aromatic heterocycles. The number of halogens is 2. The van der Waals surface area contributed by atoms with Crippen LogP contribution in [0.4, 0.5) is 4.39 Å². The summed E-state index contributed by atoms with van der Waals surface area (Å²) in [6.45, 7) is 0. The van der Waals surface area contributed by atoms with Crippen molar-refractivity contribution in [2.75, 3.05) is 0 Å². The van der Waals surface area contributed by atoms with Gasteiger partial charge in [-0.25, -0.2) is 4.39 Å². The maximum absolute atomic E-state index is 13.4. The van der Waals surface area contributed by atoms with E-state index in [0.717, 1.165) is 10.8 Å². The minimum absolute atomic E-state index is 0.278. The van der Waals surface area contributed by atoms with E-state index in [2.05, 4.69) is 0 Å². The van der Waals surface area contributed by atoms with Gasteiger partial charge in [0.1, 0.15) is 11.9 Å². The van der Waals surface area contributed by atoms with E-state index in [-0.39, 0.29) is 5.02 Å². The molecule has 0 saturated heterocycles. The molecule has 0 aliphatic heterocycles. The topological polar surface area (TPSA) is 20.2 Å². The first kappa shape index (κ1) is 13.1. The fraction of sp³-hybridized carbons (Fsp3) is 0.0588. The van der Waals surface area contributed by atoms with Crippen LogP contribution in [0.2, 0.25) is 5.02 Å². The summed E-state index contributed by atoms with van der Waals surface area (Å²) in [5.41, 5.74) is 1.16. The van der Waals surface area contributed by atoms with Gasteiger partial charge in [-0.2, -0.15) is 0 Å². The highest BCUT2D eigenvalue weighted by Crippen LogP contribution is 2.27. The quantitative estimate of drug-likeness (QED) is 0.723. The highest BCUT2D eigenvalue weighted by molar-refractivity contribution is 6.30. The Balaban J connectivity index is 2.05. The van der Waals surface area contributed by atoms with Crippen LogP contribution < -0.4 is 0 Å². The predicted octanol–water partition coefficient (Wildman–Crippen LogP) is 4.71. The molecule has 0 spiro atoms. The fourth-order valence-corrected chi connectivity index (χ4v) is 2.53. The van der Waals surface area contributed by atoms with Crippen LogP contribution in [0.3, 0.4) is 0 Å². The number of rotatable bonds is 2. The van der Waals surface area contributed by atoms with Gasteiger partial charge >= 0.3 is 0 Å². The molecular weight excluding hydrogens is 275 g/mol. The van der Waals surface area contributed by atoms with Gasteiger partial charge in [-0.3, -0.25) is 0 Å². The molecule has 0 aliphatic rings. The molecule has 20 heavy (non-hydrogen) atoms. The third-order valence-electron chi connectivity index (χ3n) is 3.29. The third-order valence-corrected chi connectivity index (χ3v) is 3.51. The van der Waals surface area contributed by atoms with Gasteiger partial charge in [-0.15, -0.1) is 0 Å². The summed E-state index contributed by atoms with van der Waals surface area (Å²) >= 11 is 5.83. The first-order chi connectivity index (χ1) is 9.63. The van der Waals surface area contributed by atoms with Crippen molar-refractivity contribution in [3.63, 3.8) is 0 Å². The van der Waals surface area contributed by atoms with Gasteiger partial charge in [0, 0.05) is 5.02 Å². The van der Waals surface area contributed by atoms with Gasteiger partial charge in [0.2, 0.25) is 0 Å². The van der Waals surface area contributed by atoms with Crippen LogP contribution in [0.1, 0.15) is 17.2 Å². The zero-order valence-electron chi connectivity index (χ0n) is 10.6. The number of aliphatic hydroxyl groups is 1. The standard InChI is InChI=1S/C17H12ClFO/c18-15-8-14(9-16(19)10-15)17(20)13-6-5-11-3-1-2-4-12(11)7-13/h1-10,17,20H. The van der Waals surface area contributed by atoms with Crippen LogP contribution >= 0.6 is 11.6 Å². The fourth-order valence-electron chi connectivity index (χ4n) is 2.30. The van der Waals surface area contributed by atoms with E-state index in [4.69, 9.17) is 11.6 Å². The van der Waals surface area contributed by atoms with Crippen molar-refractivity contribution < 1.29 is 9.50 Å². The van der Waals surface area contributed by atoms with Crippen molar-refractivity contribution in [1.29, 1.82) is 0 Å². The zero-order chi connectivity index (χ0) is 14.1. The van der Waals surface area contributed by atoms with Crippen LogP contribution in [0, 0.1) is 5.82 Å². The minimum atomic E-state index is -0.896. The molecule has 3 aromatic carbocycles. The van der Waals surface area contributed by atoms with Gasteiger partial charge in [0.15, 0.2) is 0 Å². The van der Waals surface area contributed by atoms with E-state index in [1.54, 1.807) is 6.07 Å². The second-order valence-electron chi connectivity index (χ2n) is 4.71. The molecule has 3 heteroatoms. The number of benzene rings is 3. The van der Waals surface area contributed by atoms with Crippen LogP contribution in [-0.2, 0) is 0 Å². The summed E-state index contributed by atoms with van der Waals surface area (Å²) in [5.74, 6) is -0.452. The Morgan fingerprint density at radius 3 is 2.35 bits per heavy atom. The van der Waals surface area contributed by atoms with E-state index in [9.17, 15) is 9.50 Å². The summed E-state index contributed by atoms with van der Waals surface area (Å²) in [6.07, 6.45) is -0.896. The lowest BCUT2D eigenvalue weighted by Crippen LogP contribution is -2.00. The van der Waals surface area contributed by atoms with E-state index < -0.39 is 11.9 Å². The minimum Gasteiger partial charge on any atom is -0.384 e. The molecule has 1 N–H and O–H groups in total. The molecule has 1 atom stereocenters. The van der Waals surface area contributed by atoms with E-state index in [1.165, 1.54) is 12.1 Å². The summed E-state index contributed by atoms with van der Waals surface area (Å²) in [6, 6.07) is 17.7. The normalized spacial score (nSPS) is 12.6. The van der Waals surface area contributed by atoms with Crippen molar-refractivity contribution in [3.05, 3.63) is 82.6 Å². The Kier molecular flexibility index (Phi) is 3.43. The molecule has 0 heterocycles. The Morgan fingerprint density at radius 2 is 1.60 bits per heavy atom. The molecule has 0 saturated carbocycles. The van der Waals surface area contributed by atoms with Crippen LogP contribution in [0.5, 0.6) is 0 Å². The molecular formula is C17H12ClFO. The van der Waals surface area contributed by atoms with Gasteiger partial charge in [-0.1, -0.05) is 48.0 Å². The SMILES string of the molecule is OC(c1cc(F)cc(Cl)c1)c1ccc2ccccc2c1. The maximum atomic E-state index is 13.4. The molecule has 0 radical (unpaired) electrons. The summed E-state index contributed by atoms with van der Waals surface area (Å²) in [4.78, 5) is 0. The van der Waals surface area contributed by atoms with Crippen molar-refractivity contribution in [2.24, 2.45) is 0 Å². The second-order valence-corrected chi connectivity index (χ2v) is 5.15. The number of hydrogen-bond acceptors (Lipinski definition) is 1. The van der Waals surface area contributed by atoms with Crippen molar-refractivity contribution in [1.82, 2.24) is 0 Å². The molecule has 0 amide bonds. The van der Waals surface area contributed by atoms with Crippen molar-refractivity contribution in [2.45, 2.75) is 6.10 Å². The number of hydrogen-bond donors (Lipinski definition) is 1. The van der Waals surface area contributed by atoms with Gasteiger partial charge in [0.05, 0.1) is 0 Å². The van der Waals surface area contributed by atoms with Crippen molar-refractivity contribution >= 4 is 22.4 Å². The summed E-state index contributed by atoms with van der Waals surface area (Å²) in [7, 11) is 0. The molecule has 0 aliphatic carbocycles. The monoisotopic (exact) mass is 286 g/mol. The zero-order valence-corrected chi connectivity index (χ0v) is 11.3. The molecule has 3 aromatic rings. The highest BCUT2D eigenvalue weighted by Gasteiger charge is 2.12. The van der Waals surface area contributed by atoms with Crippen LogP contribution in [-0.4, -0.2) is 5.11 Å². The number of fused-ring (bicyclic) bond motifs is 1. The Hall–Kier alpha value is -1.90. The molecule has 1 unspecified atom stereocenters. The van der Waals surface area contributed by atoms with Gasteiger partial charge in [0.25, 0.3) is 0 Å². The third kappa shape index (κ3) is 2.53. The molecule has 1 nitrogen and oxygen atoms in total. The van der Waals surface area contributed by atoms with E-state index in [0.29, 0.717) is 11.1 Å². The van der Waals surface area contributed by atoms with Crippen LogP contribution in [0.15, 0.2) is 60.7 Å². The second kappa shape index (κ2) is 5.23. The molecule has 0 bridgehead atoms. The Morgan fingerprint density at radius 1 is 0.850 bits per heavy atom. The van der Waals surface area contributed by atoms with Crippen molar-refractivity contribution in [3.8, 4) is 0 Å². The van der Waals surface area contributed by atoms with E-state index in [1.807, 2.05) is 42.5 Å². The summed E-state index contributed by atoms with van der Waals surface area (Å²) in [5, 5.41) is 12.8. The maximum Gasteiger partial charge on any atom is 0.125 e. The average molecular weight is 287 g/mol. The smallest absolute Gasteiger partial charge is 0.125 e. The van der Waals surface area contributed by atoms with Crippen LogP contribution in [0.25, 0.3) is 10.8 Å². The number of aliphatic hydroxyl groups excluding tert-OH is 1. The van der Waals surface area contributed by atoms with E-state index >= 15 is 0 Å². The highest BCUT2D eigenvalue weighted by atomic mass is 35.5. The Bertz CT molecular complexity index is 750. The Labute approximate surface area is 121 Å². The lowest BCUT2D eigenvalue weighted by atomic mass is 9.98. The molecule has 0 fully saturated rings. The average Bonchev–Trinajstić information content (AvgIpc) is 2.45. The predicted molar refractivity (Wildman–Crippen MR) is 79.4 cm³/mol. The largest absolute Gasteiger partial charge is 0.384 e. The first-order valence-electron chi connectivity index (χ1n) is 6.26. The summed E-state index contributed by atoms with van der Waals surface area (Å²) < 4.78 is 13.4. The molecule has 3 rings (SSSR count).